The Kier molecular flexibility index (Phi) is 5.12. The quantitative estimate of drug-likeness (QED) is 0.735. The van der Waals surface area contributed by atoms with Crippen molar-refractivity contribution in [2.24, 2.45) is 22.0 Å². The summed E-state index contributed by atoms with van der Waals surface area (Å²) in [5.74, 6) is 1.07. The maximum absolute atomic E-state index is 4.84. The Labute approximate surface area is 151 Å². The number of piperidine rings is 1. The highest BCUT2D eigenvalue weighted by Gasteiger charge is 2.33. The first-order valence-electron chi connectivity index (χ1n) is 9.87. The van der Waals surface area contributed by atoms with Crippen LogP contribution in [0.1, 0.15) is 44.9 Å². The average Bonchev–Trinajstić information content (AvgIpc) is 2.70. The Morgan fingerprint density at radius 1 is 1.04 bits per heavy atom. The molecule has 1 unspecified atom stereocenters. The van der Waals surface area contributed by atoms with Crippen LogP contribution in [0.4, 0.5) is 0 Å². The van der Waals surface area contributed by atoms with Gasteiger partial charge in [0.15, 0.2) is 0 Å². The highest BCUT2D eigenvalue weighted by molar-refractivity contribution is 6.08. The molecule has 0 N–H and O–H groups in total. The molecule has 2 heterocycles. The number of hydrogen-bond donors (Lipinski definition) is 0. The van der Waals surface area contributed by atoms with E-state index in [1.54, 1.807) is 5.57 Å². The molecular formula is C22H29N3. The van der Waals surface area contributed by atoms with Crippen molar-refractivity contribution in [3.8, 4) is 0 Å². The molecule has 4 aliphatic rings. The molecule has 0 aromatic rings. The molecule has 4 rings (SSSR count). The topological polar surface area (TPSA) is 28.0 Å². The van der Waals surface area contributed by atoms with E-state index in [4.69, 9.17) is 10.2 Å². The van der Waals surface area contributed by atoms with Gasteiger partial charge >= 0.3 is 0 Å². The summed E-state index contributed by atoms with van der Waals surface area (Å²) in [6, 6.07) is 0. The van der Waals surface area contributed by atoms with Gasteiger partial charge in [-0.3, -0.25) is 0 Å². The van der Waals surface area contributed by atoms with E-state index in [0.717, 1.165) is 25.7 Å². The summed E-state index contributed by atoms with van der Waals surface area (Å²) in [5, 5.41) is 9.54. The van der Waals surface area contributed by atoms with Crippen LogP contribution in [0.25, 0.3) is 0 Å². The van der Waals surface area contributed by atoms with E-state index < -0.39 is 0 Å². The van der Waals surface area contributed by atoms with Crippen molar-refractivity contribution in [2.75, 3.05) is 20.1 Å². The van der Waals surface area contributed by atoms with Crippen LogP contribution in [-0.4, -0.2) is 36.5 Å². The minimum absolute atomic E-state index is 0.460. The maximum Gasteiger partial charge on any atom is 0.0709 e. The summed E-state index contributed by atoms with van der Waals surface area (Å²) in [6.07, 6.45) is 21.8. The predicted octanol–water partition coefficient (Wildman–Crippen LogP) is 4.70. The van der Waals surface area contributed by atoms with Gasteiger partial charge in [-0.2, -0.15) is 10.2 Å². The second-order valence-corrected chi connectivity index (χ2v) is 7.75. The lowest BCUT2D eigenvalue weighted by Gasteiger charge is -2.35. The van der Waals surface area contributed by atoms with Crippen LogP contribution in [-0.2, 0) is 0 Å². The summed E-state index contributed by atoms with van der Waals surface area (Å²) < 4.78 is 0. The van der Waals surface area contributed by atoms with E-state index in [0.29, 0.717) is 11.8 Å². The Bertz CT molecular complexity index is 682. The van der Waals surface area contributed by atoms with E-state index in [1.165, 1.54) is 49.3 Å². The molecule has 2 aliphatic carbocycles. The number of hydrogen-bond acceptors (Lipinski definition) is 3. The third-order valence-electron chi connectivity index (χ3n) is 6.00. The summed E-state index contributed by atoms with van der Waals surface area (Å²) >= 11 is 0. The lowest BCUT2D eigenvalue weighted by atomic mass is 9.76. The standard InChI is InChI=1S/C22H29N3/c1-25-14-12-19(13-15-25)22-20(17-8-4-2-5-9-17)16-21(23-24-22)18-10-6-3-7-11-18/h2,4,6,8,10-11,19-20H,3,5,7,9,12-16H2,1H3. The van der Waals surface area contributed by atoms with Crippen LogP contribution in [0.15, 0.2) is 57.8 Å². The van der Waals surface area contributed by atoms with Crippen LogP contribution >= 0.6 is 0 Å². The molecule has 0 saturated carbocycles. The molecule has 0 aromatic carbocycles. The van der Waals surface area contributed by atoms with Crippen molar-refractivity contribution in [1.82, 2.24) is 4.90 Å². The minimum atomic E-state index is 0.460. The Morgan fingerprint density at radius 3 is 2.64 bits per heavy atom. The van der Waals surface area contributed by atoms with Gasteiger partial charge in [-0.05, 0) is 64.2 Å². The number of allylic oxidation sites excluding steroid dienone is 8. The van der Waals surface area contributed by atoms with E-state index in [9.17, 15) is 0 Å². The first-order chi connectivity index (χ1) is 12.3. The van der Waals surface area contributed by atoms with Gasteiger partial charge in [0.05, 0.1) is 11.4 Å². The zero-order valence-electron chi connectivity index (χ0n) is 15.3. The highest BCUT2D eigenvalue weighted by Crippen LogP contribution is 2.35. The van der Waals surface area contributed by atoms with Crippen LogP contribution in [0.3, 0.4) is 0 Å². The van der Waals surface area contributed by atoms with E-state index in [2.05, 4.69) is 48.4 Å². The van der Waals surface area contributed by atoms with Gasteiger partial charge in [-0.25, -0.2) is 0 Å². The second-order valence-electron chi connectivity index (χ2n) is 7.75. The molecule has 1 saturated heterocycles. The van der Waals surface area contributed by atoms with Gasteiger partial charge < -0.3 is 4.90 Å². The molecule has 25 heavy (non-hydrogen) atoms. The maximum atomic E-state index is 4.84. The molecule has 1 fully saturated rings. The Balaban J connectivity index is 1.62. The molecule has 132 valence electrons. The fourth-order valence-electron chi connectivity index (χ4n) is 4.43. The fourth-order valence-corrected chi connectivity index (χ4v) is 4.43. The van der Waals surface area contributed by atoms with Gasteiger partial charge in [0, 0.05) is 18.3 Å². The van der Waals surface area contributed by atoms with Gasteiger partial charge in [0.2, 0.25) is 0 Å². The van der Waals surface area contributed by atoms with E-state index in [-0.39, 0.29) is 0 Å². The van der Waals surface area contributed by atoms with Crippen LogP contribution in [0, 0.1) is 11.8 Å². The largest absolute Gasteiger partial charge is 0.306 e. The van der Waals surface area contributed by atoms with Crippen molar-refractivity contribution >= 4 is 11.4 Å². The first kappa shape index (κ1) is 16.7. The summed E-state index contributed by atoms with van der Waals surface area (Å²) in [6.45, 7) is 2.36. The zero-order chi connectivity index (χ0) is 17.1. The summed E-state index contributed by atoms with van der Waals surface area (Å²) in [4.78, 5) is 2.43. The van der Waals surface area contributed by atoms with Crippen LogP contribution in [0.5, 0.6) is 0 Å². The van der Waals surface area contributed by atoms with Gasteiger partial charge in [0.25, 0.3) is 0 Å². The van der Waals surface area contributed by atoms with E-state index >= 15 is 0 Å². The van der Waals surface area contributed by atoms with Gasteiger partial charge in [0.1, 0.15) is 0 Å². The molecule has 0 amide bonds. The molecule has 1 atom stereocenters. The monoisotopic (exact) mass is 335 g/mol. The fraction of sp³-hybridized carbons (Fsp3) is 0.545. The minimum Gasteiger partial charge on any atom is -0.306 e. The summed E-state index contributed by atoms with van der Waals surface area (Å²) in [7, 11) is 2.23. The van der Waals surface area contributed by atoms with Crippen molar-refractivity contribution in [3.05, 3.63) is 47.6 Å². The number of likely N-dealkylation sites (tertiary alicyclic amines) is 1. The molecule has 0 bridgehead atoms. The second kappa shape index (κ2) is 7.65. The predicted molar refractivity (Wildman–Crippen MR) is 106 cm³/mol. The zero-order valence-corrected chi connectivity index (χ0v) is 15.3. The smallest absolute Gasteiger partial charge is 0.0709 e. The third kappa shape index (κ3) is 3.77. The molecule has 2 aliphatic heterocycles. The normalized spacial score (nSPS) is 28.3. The van der Waals surface area contributed by atoms with Gasteiger partial charge in [-0.1, -0.05) is 42.0 Å². The van der Waals surface area contributed by atoms with Crippen molar-refractivity contribution in [3.63, 3.8) is 0 Å². The van der Waals surface area contributed by atoms with Crippen molar-refractivity contribution < 1.29 is 0 Å². The van der Waals surface area contributed by atoms with Crippen molar-refractivity contribution in [1.29, 1.82) is 0 Å². The third-order valence-corrected chi connectivity index (χ3v) is 6.00. The lowest BCUT2D eigenvalue weighted by molar-refractivity contribution is 0.249. The molecule has 0 radical (unpaired) electrons. The van der Waals surface area contributed by atoms with Gasteiger partial charge in [-0.15, -0.1) is 0 Å². The number of rotatable bonds is 3. The summed E-state index contributed by atoms with van der Waals surface area (Å²) in [5.41, 5.74) is 5.41. The molecule has 0 aromatic heterocycles. The Morgan fingerprint density at radius 2 is 1.92 bits per heavy atom. The molecule has 0 spiro atoms. The molecule has 3 nitrogen and oxygen atoms in total. The lowest BCUT2D eigenvalue weighted by Crippen LogP contribution is -2.38. The Hall–Kier alpha value is -1.74. The van der Waals surface area contributed by atoms with E-state index in [1.807, 2.05) is 0 Å². The van der Waals surface area contributed by atoms with Crippen molar-refractivity contribution in [2.45, 2.75) is 44.9 Å². The SMILES string of the molecule is CN1CCC(C2=NN=C(C3=CCCC=C3)CC2C2=CC=CCC2)CC1. The average molecular weight is 335 g/mol. The molecular weight excluding hydrogens is 306 g/mol. The number of nitrogens with zero attached hydrogens (tertiary/aromatic N) is 3. The highest BCUT2D eigenvalue weighted by atomic mass is 15.2. The first-order valence-corrected chi connectivity index (χ1v) is 9.87. The molecule has 3 heteroatoms. The van der Waals surface area contributed by atoms with Crippen LogP contribution < -0.4 is 0 Å². The van der Waals surface area contributed by atoms with Crippen LogP contribution in [0.2, 0.25) is 0 Å².